The molecule has 3 heterocycles. The van der Waals surface area contributed by atoms with E-state index in [1.807, 2.05) is 0 Å². The maximum Gasteiger partial charge on any atom is 0.120 e. The van der Waals surface area contributed by atoms with Gasteiger partial charge in [0.05, 0.1) is 17.7 Å². The summed E-state index contributed by atoms with van der Waals surface area (Å²) in [5.74, 6) is 0. The lowest BCUT2D eigenvalue weighted by molar-refractivity contribution is -0.0627. The molecular formula is C21H34N6O2. The minimum absolute atomic E-state index is 0.0589. The van der Waals surface area contributed by atoms with E-state index in [0.29, 0.717) is 12.6 Å². The van der Waals surface area contributed by atoms with Crippen LogP contribution in [0.25, 0.3) is 0 Å². The minimum atomic E-state index is -0.410. The second kappa shape index (κ2) is 7.74. The summed E-state index contributed by atoms with van der Waals surface area (Å²) in [5.41, 5.74) is 10.9. The van der Waals surface area contributed by atoms with Gasteiger partial charge in [0, 0.05) is 37.5 Å². The molecule has 5 aliphatic rings. The van der Waals surface area contributed by atoms with Gasteiger partial charge in [-0.15, -0.1) is 0 Å². The van der Waals surface area contributed by atoms with E-state index < -0.39 is 6.23 Å². The maximum atomic E-state index is 10.4. The Hall–Kier alpha value is -1.32. The van der Waals surface area contributed by atoms with Crippen molar-refractivity contribution >= 4 is 12.1 Å². The number of aliphatic hydroxyl groups is 1. The molecule has 0 aromatic rings. The molecule has 3 aliphatic heterocycles. The molecule has 1 saturated carbocycles. The van der Waals surface area contributed by atoms with E-state index in [-0.39, 0.29) is 17.8 Å². The average molecular weight is 403 g/mol. The maximum absolute atomic E-state index is 10.4. The normalized spacial score (nSPS) is 37.3. The molecule has 0 radical (unpaired) electrons. The summed E-state index contributed by atoms with van der Waals surface area (Å²) in [6.07, 6.45) is 7.96. The number of rotatable bonds is 5. The molecule has 160 valence electrons. The monoisotopic (exact) mass is 402 g/mol. The van der Waals surface area contributed by atoms with Crippen molar-refractivity contribution in [1.82, 2.24) is 20.7 Å². The molecule has 0 unspecified atom stereocenters. The third-order valence-electron chi connectivity index (χ3n) is 7.18. The zero-order valence-electron chi connectivity index (χ0n) is 17.6. The smallest absolute Gasteiger partial charge is 0.120 e. The molecule has 4 atom stereocenters. The van der Waals surface area contributed by atoms with Gasteiger partial charge in [-0.25, -0.2) is 10.4 Å². The lowest BCUT2D eigenvalue weighted by Crippen LogP contribution is -2.56. The topological polar surface area (TPSA) is 84.7 Å². The molecular weight excluding hydrogens is 368 g/mol. The summed E-state index contributed by atoms with van der Waals surface area (Å²) >= 11 is 0. The van der Waals surface area contributed by atoms with Crippen LogP contribution in [0.1, 0.15) is 52.4 Å². The molecule has 8 nitrogen and oxygen atoms in total. The van der Waals surface area contributed by atoms with Gasteiger partial charge >= 0.3 is 0 Å². The van der Waals surface area contributed by atoms with Crippen LogP contribution in [0, 0.1) is 0 Å². The number of allylic oxidation sites excluding steroid dienone is 1. The summed E-state index contributed by atoms with van der Waals surface area (Å²) in [6.45, 7) is 7.66. The van der Waals surface area contributed by atoms with Crippen LogP contribution in [0.4, 0.5) is 0 Å². The average Bonchev–Trinajstić information content (AvgIpc) is 3.30. The van der Waals surface area contributed by atoms with Crippen LogP contribution in [-0.4, -0.2) is 83.3 Å². The number of aliphatic hydroxyl groups excluding tert-OH is 1. The Morgan fingerprint density at radius 1 is 1.31 bits per heavy atom. The summed E-state index contributed by atoms with van der Waals surface area (Å²) in [7, 11) is 0. The molecule has 1 saturated heterocycles. The van der Waals surface area contributed by atoms with Crippen molar-refractivity contribution in [1.29, 1.82) is 0 Å². The van der Waals surface area contributed by atoms with Crippen molar-refractivity contribution in [3.63, 3.8) is 0 Å². The van der Waals surface area contributed by atoms with Gasteiger partial charge in [0.2, 0.25) is 0 Å². The van der Waals surface area contributed by atoms with E-state index in [2.05, 4.69) is 44.5 Å². The van der Waals surface area contributed by atoms with Crippen LogP contribution in [-0.2, 0) is 4.74 Å². The van der Waals surface area contributed by atoms with E-state index in [4.69, 9.17) is 4.74 Å². The van der Waals surface area contributed by atoms with Crippen LogP contribution in [0.15, 0.2) is 21.3 Å². The summed E-state index contributed by atoms with van der Waals surface area (Å²) in [5, 5.41) is 10.4. The van der Waals surface area contributed by atoms with Gasteiger partial charge in [-0.1, -0.05) is 6.92 Å². The van der Waals surface area contributed by atoms with Gasteiger partial charge < -0.3 is 15.3 Å². The molecule has 3 N–H and O–H groups in total. The van der Waals surface area contributed by atoms with Crippen molar-refractivity contribution in [3.8, 4) is 0 Å². The highest BCUT2D eigenvalue weighted by Crippen LogP contribution is 2.43. The van der Waals surface area contributed by atoms with E-state index in [0.717, 1.165) is 51.0 Å². The number of nitrogens with one attached hydrogen (secondary N) is 2. The Balaban J connectivity index is 1.24. The summed E-state index contributed by atoms with van der Waals surface area (Å²) in [6, 6.07) is 0.125. The zero-order valence-corrected chi connectivity index (χ0v) is 17.6. The predicted octanol–water partition coefficient (Wildman–Crippen LogP) is 0.994. The first-order valence-electron chi connectivity index (χ1n) is 11.2. The lowest BCUT2D eigenvalue weighted by atomic mass is 9.87. The number of hydrogen-bond acceptors (Lipinski definition) is 8. The van der Waals surface area contributed by atoms with Gasteiger partial charge in [-0.05, 0) is 51.1 Å². The van der Waals surface area contributed by atoms with Crippen LogP contribution in [0.5, 0.6) is 0 Å². The first-order valence-corrected chi connectivity index (χ1v) is 11.2. The van der Waals surface area contributed by atoms with Crippen LogP contribution >= 0.6 is 0 Å². The van der Waals surface area contributed by atoms with Crippen molar-refractivity contribution in [2.45, 2.75) is 82.5 Å². The fraction of sp³-hybridized carbons (Fsp3) is 0.810. The second-order valence-corrected chi connectivity index (χ2v) is 9.31. The van der Waals surface area contributed by atoms with Crippen molar-refractivity contribution in [3.05, 3.63) is 11.3 Å². The van der Waals surface area contributed by atoms with E-state index in [9.17, 15) is 5.11 Å². The Labute approximate surface area is 173 Å². The number of ether oxygens (including phenoxy) is 1. The molecule has 8 heteroatoms. The Bertz CT molecular complexity index is 731. The van der Waals surface area contributed by atoms with Gasteiger partial charge in [-0.2, -0.15) is 0 Å². The van der Waals surface area contributed by atoms with Gasteiger partial charge in [-0.3, -0.25) is 14.8 Å². The summed E-state index contributed by atoms with van der Waals surface area (Å²) in [4.78, 5) is 13.7. The number of nitrogens with zero attached hydrogens (tertiary/aromatic N) is 4. The molecule has 0 amide bonds. The first kappa shape index (κ1) is 19.6. The fourth-order valence-corrected chi connectivity index (χ4v) is 5.05. The highest BCUT2D eigenvalue weighted by atomic mass is 16.5. The first-order chi connectivity index (χ1) is 14.0. The van der Waals surface area contributed by atoms with Gasteiger partial charge in [0.15, 0.2) is 0 Å². The SMILES string of the molecule is CCN1CCN([C@@H]2CC([C@@H]3NNC4=C3C[C@@H](OC3(C)CC3)CC4)=NC=N2)C[C@H]1O. The molecule has 0 aromatic carbocycles. The number of hydrogen-bond donors (Lipinski definition) is 3. The zero-order chi connectivity index (χ0) is 20.0. The second-order valence-electron chi connectivity index (χ2n) is 9.31. The Kier molecular flexibility index (Phi) is 5.24. The Morgan fingerprint density at radius 2 is 2.17 bits per heavy atom. The molecule has 2 fully saturated rings. The number of hydrazine groups is 1. The van der Waals surface area contributed by atoms with Gasteiger partial charge in [0.25, 0.3) is 0 Å². The number of likely N-dealkylation sites (N-methyl/N-ethyl adjacent to an activating group) is 1. The van der Waals surface area contributed by atoms with E-state index >= 15 is 0 Å². The van der Waals surface area contributed by atoms with Crippen molar-refractivity contribution < 1.29 is 9.84 Å². The van der Waals surface area contributed by atoms with Gasteiger partial charge in [0.1, 0.15) is 18.7 Å². The highest BCUT2D eigenvalue weighted by Gasteiger charge is 2.43. The molecule has 5 rings (SSSR count). The van der Waals surface area contributed by atoms with Crippen LogP contribution in [0.2, 0.25) is 0 Å². The van der Waals surface area contributed by atoms with Crippen LogP contribution in [0.3, 0.4) is 0 Å². The molecule has 2 aliphatic carbocycles. The quantitative estimate of drug-likeness (QED) is 0.636. The third kappa shape index (κ3) is 4.01. The van der Waals surface area contributed by atoms with E-state index in [1.54, 1.807) is 6.34 Å². The van der Waals surface area contributed by atoms with E-state index in [1.165, 1.54) is 24.1 Å². The highest BCUT2D eigenvalue weighted by molar-refractivity contribution is 5.98. The Morgan fingerprint density at radius 3 is 2.93 bits per heavy atom. The fourth-order valence-electron chi connectivity index (χ4n) is 5.05. The van der Waals surface area contributed by atoms with Crippen LogP contribution < -0.4 is 10.9 Å². The number of piperazine rings is 1. The third-order valence-corrected chi connectivity index (χ3v) is 7.18. The van der Waals surface area contributed by atoms with Crippen molar-refractivity contribution in [2.24, 2.45) is 9.98 Å². The molecule has 0 aromatic heterocycles. The molecule has 0 bridgehead atoms. The minimum Gasteiger partial charge on any atom is -0.377 e. The lowest BCUT2D eigenvalue weighted by Gasteiger charge is -2.41. The standard InChI is InChI=1S/C21H34N6O2/c1-3-26-8-9-27(12-19(26)28)18-11-17(22-13-23-18)20-15-10-14(29-21(2)6-7-21)4-5-16(15)24-25-20/h13-14,18-20,24-25,28H,3-12H2,1-2H3/t14-,18+,19+,20+/m0/s1. The molecule has 0 spiro atoms. The molecule has 29 heavy (non-hydrogen) atoms. The predicted molar refractivity (Wildman–Crippen MR) is 113 cm³/mol. The largest absolute Gasteiger partial charge is 0.377 e. The van der Waals surface area contributed by atoms with Crippen molar-refractivity contribution in [2.75, 3.05) is 26.2 Å². The number of aliphatic imine (C=N–C) groups is 2. The number of β-amino-alcohol motifs (C(OH)–C–C–N with tert-alkyl or cyclic N) is 1. The summed E-state index contributed by atoms with van der Waals surface area (Å²) < 4.78 is 6.39.